The van der Waals surface area contributed by atoms with Gasteiger partial charge in [-0.15, -0.1) is 4.91 Å². The third kappa shape index (κ3) is 1.89. The quantitative estimate of drug-likeness (QED) is 0.433. The largest absolute Gasteiger partial charge is 0.260 e. The molecule has 1 rings (SSSR count). The van der Waals surface area contributed by atoms with E-state index in [9.17, 15) is 13.3 Å². The molecule has 1 atom stereocenters. The minimum Gasteiger partial charge on any atom is -0.260 e. The van der Waals surface area contributed by atoms with Crippen LogP contribution < -0.4 is 0 Å². The first-order valence-electron chi connectivity index (χ1n) is 3.32. The molecule has 0 bridgehead atoms. The molecule has 0 aliphatic carbocycles. The molecule has 1 aliphatic heterocycles. The maximum Gasteiger partial charge on any atom is 0.152 e. The Bertz CT molecular complexity index is 248. The van der Waals surface area contributed by atoms with Crippen LogP contribution in [0.4, 0.5) is 0 Å². The van der Waals surface area contributed by atoms with Gasteiger partial charge in [0.2, 0.25) is 0 Å². The minimum absolute atomic E-state index is 0.0647. The van der Waals surface area contributed by atoms with Crippen molar-refractivity contribution in [3.05, 3.63) is 4.91 Å². The molecule has 1 aliphatic rings. The third-order valence-electron chi connectivity index (χ3n) is 1.87. The second-order valence-electron chi connectivity index (χ2n) is 2.71. The molecule has 1 heterocycles. The summed E-state index contributed by atoms with van der Waals surface area (Å²) in [6, 6.07) is -0.211. The van der Waals surface area contributed by atoms with E-state index in [0.717, 1.165) is 0 Å². The Hall–Kier alpha value is -0.650. The fourth-order valence-corrected chi connectivity index (χ4v) is 2.90. The number of rotatable bonds is 2. The number of sulfone groups is 1. The van der Waals surface area contributed by atoms with Gasteiger partial charge in [0.15, 0.2) is 9.84 Å². The van der Waals surface area contributed by atoms with Crippen LogP contribution in [-0.4, -0.2) is 38.0 Å². The summed E-state index contributed by atoms with van der Waals surface area (Å²) in [5, 5.41) is 3.83. The van der Waals surface area contributed by atoms with E-state index in [0.29, 0.717) is 6.42 Å². The molecule has 0 aromatic heterocycles. The van der Waals surface area contributed by atoms with Gasteiger partial charge in [-0.3, -0.25) is 5.01 Å². The highest BCUT2D eigenvalue weighted by Gasteiger charge is 2.30. The topological polar surface area (TPSA) is 66.8 Å². The Morgan fingerprint density at radius 2 is 2.18 bits per heavy atom. The summed E-state index contributed by atoms with van der Waals surface area (Å²) in [7, 11) is -1.39. The molecule has 11 heavy (non-hydrogen) atoms. The third-order valence-corrected chi connectivity index (χ3v) is 3.62. The molecule has 0 radical (unpaired) electrons. The van der Waals surface area contributed by atoms with Gasteiger partial charge in [0.05, 0.1) is 22.8 Å². The molecule has 0 saturated carbocycles. The number of hydrogen-bond donors (Lipinski definition) is 0. The normalized spacial score (nSPS) is 28.3. The average molecular weight is 178 g/mol. The van der Waals surface area contributed by atoms with Crippen LogP contribution in [0.2, 0.25) is 0 Å². The van der Waals surface area contributed by atoms with Crippen molar-refractivity contribution in [1.29, 1.82) is 0 Å². The number of hydrogen-bond acceptors (Lipinski definition) is 4. The lowest BCUT2D eigenvalue weighted by molar-refractivity contribution is 0.271. The Labute approximate surface area is 65.2 Å². The SMILES string of the molecule is CN(N=O)[C@H]1CCS(=O)(=O)C1. The van der Waals surface area contributed by atoms with Crippen LogP contribution in [-0.2, 0) is 9.84 Å². The zero-order valence-electron chi connectivity index (χ0n) is 6.23. The Morgan fingerprint density at radius 1 is 1.55 bits per heavy atom. The molecule has 0 amide bonds. The minimum atomic E-state index is -2.89. The van der Waals surface area contributed by atoms with Crippen molar-refractivity contribution in [2.45, 2.75) is 12.5 Å². The number of nitroso groups, excluding NO2 is 1. The fraction of sp³-hybridized carbons (Fsp3) is 1.00. The van der Waals surface area contributed by atoms with E-state index < -0.39 is 9.84 Å². The maximum absolute atomic E-state index is 10.9. The first-order valence-corrected chi connectivity index (χ1v) is 5.14. The van der Waals surface area contributed by atoms with E-state index >= 15 is 0 Å². The molecule has 64 valence electrons. The van der Waals surface area contributed by atoms with Gasteiger partial charge < -0.3 is 0 Å². The Kier molecular flexibility index (Phi) is 2.12. The maximum atomic E-state index is 10.9. The van der Waals surface area contributed by atoms with E-state index in [2.05, 4.69) is 5.29 Å². The van der Waals surface area contributed by atoms with E-state index in [4.69, 9.17) is 0 Å². The summed E-state index contributed by atoms with van der Waals surface area (Å²) in [4.78, 5) is 9.98. The van der Waals surface area contributed by atoms with Gasteiger partial charge in [0, 0.05) is 7.05 Å². The van der Waals surface area contributed by atoms with Crippen molar-refractivity contribution < 1.29 is 8.42 Å². The molecule has 0 unspecified atom stereocenters. The Balaban J connectivity index is 2.61. The molecular formula is C5H10N2O3S. The highest BCUT2D eigenvalue weighted by atomic mass is 32.2. The van der Waals surface area contributed by atoms with Crippen LogP contribution in [0.25, 0.3) is 0 Å². The molecule has 0 N–H and O–H groups in total. The standard InChI is InChI=1S/C5H10N2O3S/c1-7(6-8)5-2-3-11(9,10)4-5/h5H,2-4H2,1H3/t5-/m0/s1. The van der Waals surface area contributed by atoms with E-state index in [1.807, 2.05) is 0 Å². The second kappa shape index (κ2) is 2.77. The van der Waals surface area contributed by atoms with Crippen molar-refractivity contribution in [1.82, 2.24) is 5.01 Å². The van der Waals surface area contributed by atoms with Crippen LogP contribution >= 0.6 is 0 Å². The molecule has 1 saturated heterocycles. The monoisotopic (exact) mass is 178 g/mol. The first kappa shape index (κ1) is 8.45. The molecular weight excluding hydrogens is 168 g/mol. The smallest absolute Gasteiger partial charge is 0.152 e. The van der Waals surface area contributed by atoms with Crippen molar-refractivity contribution in [3.63, 3.8) is 0 Å². The van der Waals surface area contributed by atoms with Crippen LogP contribution in [0.5, 0.6) is 0 Å². The van der Waals surface area contributed by atoms with Gasteiger partial charge in [-0.1, -0.05) is 0 Å². The van der Waals surface area contributed by atoms with Gasteiger partial charge in [-0.25, -0.2) is 8.42 Å². The summed E-state index contributed by atoms with van der Waals surface area (Å²) < 4.78 is 21.8. The lowest BCUT2D eigenvalue weighted by Gasteiger charge is -2.14. The van der Waals surface area contributed by atoms with E-state index in [1.165, 1.54) is 12.1 Å². The molecule has 6 heteroatoms. The van der Waals surface area contributed by atoms with E-state index in [-0.39, 0.29) is 17.5 Å². The van der Waals surface area contributed by atoms with Crippen LogP contribution in [0, 0.1) is 4.91 Å². The summed E-state index contributed by atoms with van der Waals surface area (Å²) in [6.07, 6.45) is 0.518. The van der Waals surface area contributed by atoms with Gasteiger partial charge in [0.25, 0.3) is 0 Å². The molecule has 0 aromatic rings. The fourth-order valence-electron chi connectivity index (χ4n) is 1.14. The lowest BCUT2D eigenvalue weighted by atomic mass is 10.3. The molecule has 5 nitrogen and oxygen atoms in total. The second-order valence-corrected chi connectivity index (χ2v) is 4.94. The molecule has 1 fully saturated rings. The van der Waals surface area contributed by atoms with Gasteiger partial charge in [-0.05, 0) is 6.42 Å². The van der Waals surface area contributed by atoms with Crippen LogP contribution in [0.1, 0.15) is 6.42 Å². The predicted molar refractivity (Wildman–Crippen MR) is 40.6 cm³/mol. The highest BCUT2D eigenvalue weighted by Crippen LogP contribution is 2.15. The van der Waals surface area contributed by atoms with Crippen molar-refractivity contribution in [3.8, 4) is 0 Å². The van der Waals surface area contributed by atoms with Crippen molar-refractivity contribution in [2.24, 2.45) is 5.29 Å². The molecule has 0 aromatic carbocycles. The number of nitrogens with zero attached hydrogens (tertiary/aromatic N) is 2. The van der Waals surface area contributed by atoms with Gasteiger partial charge in [-0.2, -0.15) is 0 Å². The lowest BCUT2D eigenvalue weighted by Crippen LogP contribution is -2.27. The highest BCUT2D eigenvalue weighted by molar-refractivity contribution is 7.91. The van der Waals surface area contributed by atoms with Gasteiger partial charge >= 0.3 is 0 Å². The summed E-state index contributed by atoms with van der Waals surface area (Å²) >= 11 is 0. The summed E-state index contributed by atoms with van der Waals surface area (Å²) in [5.74, 6) is 0.243. The van der Waals surface area contributed by atoms with Crippen LogP contribution in [0.3, 0.4) is 0 Å². The zero-order valence-corrected chi connectivity index (χ0v) is 7.04. The van der Waals surface area contributed by atoms with Crippen molar-refractivity contribution in [2.75, 3.05) is 18.6 Å². The first-order chi connectivity index (χ1) is 5.05. The summed E-state index contributed by atoms with van der Waals surface area (Å²) in [6.45, 7) is 0. The predicted octanol–water partition coefficient (Wildman–Crippen LogP) is -0.213. The van der Waals surface area contributed by atoms with Crippen molar-refractivity contribution >= 4 is 9.84 Å². The van der Waals surface area contributed by atoms with E-state index in [1.54, 1.807) is 0 Å². The molecule has 0 spiro atoms. The van der Waals surface area contributed by atoms with Crippen LogP contribution in [0.15, 0.2) is 5.29 Å². The summed E-state index contributed by atoms with van der Waals surface area (Å²) in [5.41, 5.74) is 0. The average Bonchev–Trinajstić information content (AvgIpc) is 2.29. The van der Waals surface area contributed by atoms with Gasteiger partial charge in [0.1, 0.15) is 0 Å². The Morgan fingerprint density at radius 3 is 2.55 bits per heavy atom. The zero-order chi connectivity index (χ0) is 8.48.